The summed E-state index contributed by atoms with van der Waals surface area (Å²) in [5.41, 5.74) is 9.13. The van der Waals surface area contributed by atoms with E-state index in [9.17, 15) is 14.4 Å². The molecule has 1 aromatic carbocycles. The Morgan fingerprint density at radius 1 is 1.23 bits per heavy atom. The van der Waals surface area contributed by atoms with Gasteiger partial charge in [-0.3, -0.25) is 9.59 Å². The van der Waals surface area contributed by atoms with Crippen molar-refractivity contribution < 1.29 is 24.2 Å². The molecule has 2 atom stereocenters. The van der Waals surface area contributed by atoms with E-state index >= 15 is 0 Å². The van der Waals surface area contributed by atoms with Crippen molar-refractivity contribution in [2.75, 3.05) is 6.61 Å². The number of rotatable bonds is 9. The molecule has 7 nitrogen and oxygen atoms in total. The first kappa shape index (κ1) is 22.7. The minimum Gasteiger partial charge on any atom is -0.480 e. The van der Waals surface area contributed by atoms with Crippen molar-refractivity contribution in [3.05, 3.63) is 58.4 Å². The van der Waals surface area contributed by atoms with E-state index in [0.29, 0.717) is 36.9 Å². The van der Waals surface area contributed by atoms with Gasteiger partial charge < -0.3 is 20.1 Å². The van der Waals surface area contributed by atoms with Gasteiger partial charge >= 0.3 is 5.97 Å². The minimum atomic E-state index is -1.08. The van der Waals surface area contributed by atoms with Crippen molar-refractivity contribution in [1.29, 1.82) is 0 Å². The molecule has 1 aromatic heterocycles. The Bertz CT molecular complexity index is 978. The molecule has 0 radical (unpaired) electrons. The van der Waals surface area contributed by atoms with Crippen LogP contribution in [0.5, 0.6) is 0 Å². The Morgan fingerprint density at radius 3 is 2.48 bits per heavy atom. The Labute approximate surface area is 182 Å². The van der Waals surface area contributed by atoms with E-state index in [4.69, 9.17) is 15.6 Å². The molecule has 31 heavy (non-hydrogen) atoms. The number of ketones is 1. The fraction of sp³-hybridized carbons (Fsp3) is 0.458. The van der Waals surface area contributed by atoms with Gasteiger partial charge in [0.15, 0.2) is 0 Å². The number of nitrogens with two attached hydrogens (primary N) is 1. The minimum absolute atomic E-state index is 0.235. The number of nitrogens with zero attached hydrogens (tertiary/aromatic N) is 1. The molecule has 0 spiro atoms. The second kappa shape index (κ2) is 9.47. The van der Waals surface area contributed by atoms with Crippen LogP contribution in [0.3, 0.4) is 0 Å². The number of benzene rings is 1. The molecule has 1 aliphatic carbocycles. The maximum absolute atomic E-state index is 13.0. The van der Waals surface area contributed by atoms with Crippen molar-refractivity contribution in [3.63, 3.8) is 0 Å². The number of carbonyl (C=O) groups excluding carboxylic acids is 2. The van der Waals surface area contributed by atoms with Crippen molar-refractivity contribution in [3.8, 4) is 0 Å². The molecule has 1 heterocycles. The van der Waals surface area contributed by atoms with Crippen LogP contribution in [0.15, 0.2) is 30.3 Å². The first-order valence-corrected chi connectivity index (χ1v) is 10.6. The quantitative estimate of drug-likeness (QED) is 0.473. The van der Waals surface area contributed by atoms with E-state index in [1.54, 1.807) is 0 Å². The third-order valence-electron chi connectivity index (χ3n) is 5.64. The van der Waals surface area contributed by atoms with Gasteiger partial charge in [0, 0.05) is 23.5 Å². The van der Waals surface area contributed by atoms with Gasteiger partial charge in [-0.25, -0.2) is 4.79 Å². The normalized spacial score (nSPS) is 18.1. The molecule has 7 heteroatoms. The highest BCUT2D eigenvalue weighted by Crippen LogP contribution is 2.42. The lowest BCUT2D eigenvalue weighted by Crippen LogP contribution is -2.27. The molecule has 2 aromatic rings. The highest BCUT2D eigenvalue weighted by molar-refractivity contribution is 6.43. The lowest BCUT2D eigenvalue weighted by Gasteiger charge is -2.29. The Morgan fingerprint density at radius 2 is 1.90 bits per heavy atom. The van der Waals surface area contributed by atoms with Gasteiger partial charge in [0.1, 0.15) is 6.61 Å². The van der Waals surface area contributed by atoms with Crippen LogP contribution < -0.4 is 5.73 Å². The lowest BCUT2D eigenvalue weighted by molar-refractivity contribution is -0.145. The van der Waals surface area contributed by atoms with Crippen LogP contribution >= 0.6 is 0 Å². The summed E-state index contributed by atoms with van der Waals surface area (Å²) in [6, 6.07) is 9.91. The molecular formula is C24H30N2O5. The summed E-state index contributed by atoms with van der Waals surface area (Å²) in [5, 5.41) is 9.13. The number of aliphatic carboxylic acids is 1. The maximum Gasteiger partial charge on any atom is 0.329 e. The number of carbonyl (C=O) groups is 3. The van der Waals surface area contributed by atoms with Crippen LogP contribution in [0, 0.1) is 11.8 Å². The van der Waals surface area contributed by atoms with E-state index in [-0.39, 0.29) is 11.8 Å². The highest BCUT2D eigenvalue weighted by atomic mass is 16.5. The second-order valence-corrected chi connectivity index (χ2v) is 8.78. The highest BCUT2D eigenvalue weighted by Gasteiger charge is 2.38. The number of carboxylic acid groups (broad SMARTS) is 1. The van der Waals surface area contributed by atoms with Gasteiger partial charge in [-0.2, -0.15) is 0 Å². The summed E-state index contributed by atoms with van der Waals surface area (Å²) in [4.78, 5) is 36.1. The fourth-order valence-electron chi connectivity index (χ4n) is 4.46. The standard InChI is InChI=1S/C24H30N2O5/c1-14(2)9-17-22(23(29)24(25)30)21-18(26(17)12-16-7-5-4-6-8-16)10-15(3)11-19(21)31-13-20(27)28/h4-8,14-15,19H,9-13H2,1-3H3,(H2,25,30)(H,27,28). The molecule has 0 saturated heterocycles. The molecule has 0 fully saturated rings. The molecule has 0 saturated carbocycles. The zero-order valence-corrected chi connectivity index (χ0v) is 18.3. The smallest absolute Gasteiger partial charge is 0.329 e. The number of hydrogen-bond acceptors (Lipinski definition) is 4. The number of hydrogen-bond donors (Lipinski definition) is 2. The van der Waals surface area contributed by atoms with E-state index in [2.05, 4.69) is 25.3 Å². The molecule has 3 N–H and O–H groups in total. The fourth-order valence-corrected chi connectivity index (χ4v) is 4.46. The SMILES string of the molecule is CC(C)Cc1c(C(=O)C(N)=O)c2c(n1Cc1ccccc1)CC(C)CC2OCC(=O)O. The number of fused-ring (bicyclic) bond motifs is 1. The van der Waals surface area contributed by atoms with Crippen LogP contribution in [0.2, 0.25) is 0 Å². The number of amides is 1. The molecule has 0 aliphatic heterocycles. The molecule has 3 rings (SSSR count). The molecule has 1 amide bonds. The summed E-state index contributed by atoms with van der Waals surface area (Å²) >= 11 is 0. The van der Waals surface area contributed by atoms with Crippen LogP contribution in [-0.2, 0) is 33.7 Å². The average molecular weight is 427 g/mol. The predicted molar refractivity (Wildman–Crippen MR) is 116 cm³/mol. The predicted octanol–water partition coefficient (Wildman–Crippen LogP) is 3.13. The van der Waals surface area contributed by atoms with E-state index in [1.807, 2.05) is 30.3 Å². The van der Waals surface area contributed by atoms with Crippen LogP contribution in [0.25, 0.3) is 0 Å². The second-order valence-electron chi connectivity index (χ2n) is 8.78. The van der Waals surface area contributed by atoms with E-state index in [0.717, 1.165) is 17.0 Å². The Hall–Kier alpha value is -2.93. The van der Waals surface area contributed by atoms with Gasteiger partial charge in [0.05, 0.1) is 11.7 Å². The monoisotopic (exact) mass is 426 g/mol. The lowest BCUT2D eigenvalue weighted by atomic mass is 9.83. The first-order chi connectivity index (χ1) is 14.7. The Kier molecular flexibility index (Phi) is 6.95. The number of carboxylic acids is 1. The molecule has 166 valence electrons. The third kappa shape index (κ3) is 5.05. The molecule has 0 bridgehead atoms. The molecular weight excluding hydrogens is 396 g/mol. The number of Topliss-reactive ketones (excluding diaryl/α,β-unsaturated/α-hetero) is 1. The van der Waals surface area contributed by atoms with Crippen LogP contribution in [0.4, 0.5) is 0 Å². The average Bonchev–Trinajstić information content (AvgIpc) is 2.98. The maximum atomic E-state index is 13.0. The molecule has 2 unspecified atom stereocenters. The number of primary amides is 1. The topological polar surface area (TPSA) is 112 Å². The van der Waals surface area contributed by atoms with Gasteiger partial charge in [0.25, 0.3) is 11.7 Å². The van der Waals surface area contributed by atoms with Crippen molar-refractivity contribution in [2.45, 2.75) is 52.7 Å². The number of ether oxygens (including phenoxy) is 1. The van der Waals surface area contributed by atoms with Gasteiger partial charge in [-0.1, -0.05) is 51.1 Å². The summed E-state index contributed by atoms with van der Waals surface area (Å²) in [6.45, 7) is 6.27. The Balaban J connectivity index is 2.23. The summed E-state index contributed by atoms with van der Waals surface area (Å²) < 4.78 is 7.84. The summed E-state index contributed by atoms with van der Waals surface area (Å²) in [5.74, 6) is -2.36. The summed E-state index contributed by atoms with van der Waals surface area (Å²) in [6.07, 6.45) is 1.31. The largest absolute Gasteiger partial charge is 0.480 e. The van der Waals surface area contributed by atoms with Gasteiger partial charge in [-0.05, 0) is 36.7 Å². The summed E-state index contributed by atoms with van der Waals surface area (Å²) in [7, 11) is 0. The zero-order chi connectivity index (χ0) is 22.7. The third-order valence-corrected chi connectivity index (χ3v) is 5.64. The van der Waals surface area contributed by atoms with Crippen LogP contribution in [0.1, 0.15) is 66.2 Å². The number of aromatic nitrogens is 1. The molecule has 1 aliphatic rings. The zero-order valence-electron chi connectivity index (χ0n) is 18.3. The van der Waals surface area contributed by atoms with E-state index in [1.165, 1.54) is 0 Å². The van der Waals surface area contributed by atoms with Crippen molar-refractivity contribution in [2.24, 2.45) is 17.6 Å². The van der Waals surface area contributed by atoms with Gasteiger partial charge in [-0.15, -0.1) is 0 Å². The van der Waals surface area contributed by atoms with Crippen LogP contribution in [-0.4, -0.2) is 33.9 Å². The van der Waals surface area contributed by atoms with Crippen molar-refractivity contribution >= 4 is 17.7 Å². The van der Waals surface area contributed by atoms with Gasteiger partial charge in [0.2, 0.25) is 0 Å². The van der Waals surface area contributed by atoms with Crippen molar-refractivity contribution in [1.82, 2.24) is 4.57 Å². The first-order valence-electron chi connectivity index (χ1n) is 10.6. The van der Waals surface area contributed by atoms with E-state index < -0.39 is 30.4 Å².